The molecule has 1 aromatic carbocycles. The van der Waals surface area contributed by atoms with Gasteiger partial charge in [0.1, 0.15) is 0 Å². The minimum atomic E-state index is -3.23. The van der Waals surface area contributed by atoms with Crippen molar-refractivity contribution in [1.29, 1.82) is 0 Å². The number of hydrogen-bond acceptors (Lipinski definition) is 4. The number of carbonyl (C=O) groups is 2. The largest absolute Gasteiger partial charge is 0.355 e. The van der Waals surface area contributed by atoms with Crippen LogP contribution in [0.3, 0.4) is 0 Å². The van der Waals surface area contributed by atoms with Crippen LogP contribution in [0, 0.1) is 23.2 Å². The lowest BCUT2D eigenvalue weighted by molar-refractivity contribution is -0.146. The summed E-state index contributed by atoms with van der Waals surface area (Å²) >= 11 is 0. The van der Waals surface area contributed by atoms with Gasteiger partial charge in [0.05, 0.1) is 10.9 Å². The van der Waals surface area contributed by atoms with Gasteiger partial charge in [-0.15, -0.1) is 0 Å². The lowest BCUT2D eigenvalue weighted by Gasteiger charge is -2.55. The highest BCUT2D eigenvalue weighted by atomic mass is 32.2. The smallest absolute Gasteiger partial charge is 0.226 e. The van der Waals surface area contributed by atoms with E-state index in [-0.39, 0.29) is 34.6 Å². The maximum Gasteiger partial charge on any atom is 0.226 e. The van der Waals surface area contributed by atoms with Gasteiger partial charge >= 0.3 is 0 Å². The van der Waals surface area contributed by atoms with Gasteiger partial charge < -0.3 is 10.6 Å². The summed E-state index contributed by atoms with van der Waals surface area (Å²) in [6.07, 6.45) is 8.40. The van der Waals surface area contributed by atoms with Crippen LogP contribution in [-0.2, 0) is 19.4 Å². The molecule has 6 nitrogen and oxygen atoms in total. The quantitative estimate of drug-likeness (QED) is 0.693. The van der Waals surface area contributed by atoms with E-state index in [1.54, 1.807) is 24.3 Å². The molecule has 0 saturated heterocycles. The second-order valence-corrected chi connectivity index (χ2v) is 11.8. The average molecular weight is 433 g/mol. The molecule has 4 fully saturated rings. The van der Waals surface area contributed by atoms with Gasteiger partial charge in [0, 0.05) is 24.6 Å². The first kappa shape index (κ1) is 21.3. The first-order valence-electron chi connectivity index (χ1n) is 11.0. The molecule has 1 aromatic rings. The van der Waals surface area contributed by atoms with Crippen molar-refractivity contribution >= 4 is 21.7 Å². The van der Waals surface area contributed by atoms with E-state index in [4.69, 9.17) is 0 Å². The second-order valence-electron chi connectivity index (χ2n) is 9.83. The topological polar surface area (TPSA) is 92.3 Å². The fourth-order valence-corrected chi connectivity index (χ4v) is 6.90. The monoisotopic (exact) mass is 432 g/mol. The Hall–Kier alpha value is -1.89. The second kappa shape index (κ2) is 7.98. The molecule has 164 valence electrons. The third-order valence-electron chi connectivity index (χ3n) is 7.34. The molecule has 0 heterocycles. The van der Waals surface area contributed by atoms with Crippen LogP contribution in [0.4, 0.5) is 0 Å². The third kappa shape index (κ3) is 4.41. The number of nitrogens with one attached hydrogen (secondary N) is 2. The molecule has 7 heteroatoms. The Morgan fingerprint density at radius 2 is 1.57 bits per heavy atom. The zero-order valence-corrected chi connectivity index (χ0v) is 18.6. The van der Waals surface area contributed by atoms with E-state index in [9.17, 15) is 18.0 Å². The molecule has 4 saturated carbocycles. The van der Waals surface area contributed by atoms with Crippen LogP contribution in [0.25, 0.3) is 0 Å². The van der Waals surface area contributed by atoms with E-state index in [2.05, 4.69) is 10.6 Å². The van der Waals surface area contributed by atoms with Crippen molar-refractivity contribution in [2.24, 2.45) is 23.2 Å². The van der Waals surface area contributed by atoms with E-state index in [0.29, 0.717) is 6.54 Å². The Balaban J connectivity index is 1.24. The highest BCUT2D eigenvalue weighted by Gasteiger charge is 2.54. The van der Waals surface area contributed by atoms with Crippen molar-refractivity contribution in [3.05, 3.63) is 29.8 Å². The zero-order chi connectivity index (χ0) is 21.5. The zero-order valence-electron chi connectivity index (χ0n) is 17.8. The highest BCUT2D eigenvalue weighted by molar-refractivity contribution is 7.90. The predicted molar refractivity (Wildman–Crippen MR) is 114 cm³/mol. The molecule has 4 bridgehead atoms. The number of carbonyl (C=O) groups excluding carboxylic acids is 2. The van der Waals surface area contributed by atoms with Gasteiger partial charge in [-0.1, -0.05) is 12.1 Å². The van der Waals surface area contributed by atoms with Crippen LogP contribution in [-0.4, -0.2) is 33.0 Å². The average Bonchev–Trinajstić information content (AvgIpc) is 2.66. The van der Waals surface area contributed by atoms with E-state index >= 15 is 0 Å². The molecule has 5 rings (SSSR count). The molecule has 4 aliphatic carbocycles. The molecule has 2 N–H and O–H groups in total. The Bertz CT molecular complexity index is 888. The summed E-state index contributed by atoms with van der Waals surface area (Å²) < 4.78 is 23.1. The van der Waals surface area contributed by atoms with Crippen molar-refractivity contribution < 1.29 is 18.0 Å². The number of amides is 2. The van der Waals surface area contributed by atoms with Gasteiger partial charge in [-0.2, -0.15) is 0 Å². The molecule has 0 aromatic heterocycles. The van der Waals surface area contributed by atoms with Gasteiger partial charge in [0.25, 0.3) is 0 Å². The summed E-state index contributed by atoms with van der Waals surface area (Å²) in [5, 5.41) is 5.97. The summed E-state index contributed by atoms with van der Waals surface area (Å²) in [7, 11) is -3.23. The number of hydrogen-bond donors (Lipinski definition) is 2. The standard InChI is InChI=1S/C23H32N2O4S/c1-15(19-3-5-20(6-4-19)30(2,28)29)25-21(26)7-8-24-22(27)23-12-16-9-17(13-23)11-18(10-16)14-23/h3-6,15-18H,7-14H2,1-2H3,(H,24,27)(H,25,26)/t15-,16?,17?,18?,23?/m0/s1. The van der Waals surface area contributed by atoms with Crippen LogP contribution in [0.15, 0.2) is 29.2 Å². The minimum absolute atomic E-state index is 0.125. The van der Waals surface area contributed by atoms with Crippen molar-refractivity contribution in [2.45, 2.75) is 62.8 Å². The van der Waals surface area contributed by atoms with Gasteiger partial charge in [-0.25, -0.2) is 8.42 Å². The van der Waals surface area contributed by atoms with Crippen molar-refractivity contribution in [2.75, 3.05) is 12.8 Å². The van der Waals surface area contributed by atoms with Crippen molar-refractivity contribution in [3.63, 3.8) is 0 Å². The van der Waals surface area contributed by atoms with Gasteiger partial charge in [-0.3, -0.25) is 9.59 Å². The maximum atomic E-state index is 12.9. The minimum Gasteiger partial charge on any atom is -0.355 e. The molecule has 0 spiro atoms. The maximum absolute atomic E-state index is 12.9. The van der Waals surface area contributed by atoms with E-state index in [0.717, 1.165) is 42.6 Å². The third-order valence-corrected chi connectivity index (χ3v) is 8.47. The molecule has 1 atom stereocenters. The molecule has 30 heavy (non-hydrogen) atoms. The summed E-state index contributed by atoms with van der Waals surface area (Å²) in [5.41, 5.74) is 0.660. The first-order valence-corrected chi connectivity index (χ1v) is 12.9. The Kier molecular flexibility index (Phi) is 5.68. The number of rotatable bonds is 7. The molecule has 4 aliphatic rings. The van der Waals surface area contributed by atoms with Crippen LogP contribution in [0.5, 0.6) is 0 Å². The lowest BCUT2D eigenvalue weighted by Crippen LogP contribution is -2.53. The summed E-state index contributed by atoms with van der Waals surface area (Å²) in [5.74, 6) is 2.19. The number of benzene rings is 1. The van der Waals surface area contributed by atoms with Crippen LogP contribution in [0.1, 0.15) is 63.5 Å². The van der Waals surface area contributed by atoms with Gasteiger partial charge in [0.15, 0.2) is 9.84 Å². The predicted octanol–water partition coefficient (Wildman–Crippen LogP) is 2.99. The number of sulfone groups is 1. The van der Waals surface area contributed by atoms with Gasteiger partial charge in [0.2, 0.25) is 11.8 Å². The normalized spacial score (nSPS) is 30.7. The van der Waals surface area contributed by atoms with E-state index in [1.165, 1.54) is 25.5 Å². The molecular formula is C23H32N2O4S. The van der Waals surface area contributed by atoms with Crippen molar-refractivity contribution in [1.82, 2.24) is 10.6 Å². The molecule has 2 amide bonds. The van der Waals surface area contributed by atoms with E-state index in [1.807, 2.05) is 6.92 Å². The molecule has 0 unspecified atom stereocenters. The Morgan fingerprint density at radius 1 is 1.03 bits per heavy atom. The Labute approximate surface area is 179 Å². The highest BCUT2D eigenvalue weighted by Crippen LogP contribution is 2.60. The molecular weight excluding hydrogens is 400 g/mol. The van der Waals surface area contributed by atoms with Crippen LogP contribution >= 0.6 is 0 Å². The van der Waals surface area contributed by atoms with Gasteiger partial charge in [-0.05, 0) is 80.9 Å². The molecule has 0 aliphatic heterocycles. The van der Waals surface area contributed by atoms with Crippen molar-refractivity contribution in [3.8, 4) is 0 Å². The SMILES string of the molecule is C[C@H](NC(=O)CCNC(=O)C12CC3CC(CC(C3)C1)C2)c1ccc(S(C)(=O)=O)cc1. The summed E-state index contributed by atoms with van der Waals surface area (Å²) in [6, 6.07) is 6.31. The fourth-order valence-electron chi connectivity index (χ4n) is 6.27. The first-order chi connectivity index (χ1) is 14.1. The van der Waals surface area contributed by atoms with Crippen LogP contribution in [0.2, 0.25) is 0 Å². The lowest BCUT2D eigenvalue weighted by atomic mass is 9.49. The van der Waals surface area contributed by atoms with E-state index < -0.39 is 9.84 Å². The van der Waals surface area contributed by atoms with Crippen LogP contribution < -0.4 is 10.6 Å². The fraction of sp³-hybridized carbons (Fsp3) is 0.652. The molecule has 0 radical (unpaired) electrons. The Morgan fingerprint density at radius 3 is 2.07 bits per heavy atom. The summed E-state index contributed by atoms with van der Waals surface area (Å²) in [4.78, 5) is 25.5. The summed E-state index contributed by atoms with van der Waals surface area (Å²) in [6.45, 7) is 2.22.